The van der Waals surface area contributed by atoms with Crippen LogP contribution in [0, 0.1) is 0 Å². The number of nitrogens with two attached hydrogens (primary N) is 1. The molecule has 0 radical (unpaired) electrons. The SMILES string of the molecule is C=CCOc1ccc2c(c1OC(F)F)-c1ccc(CS(N)(=O)=O)cc1C(c1cccc(Cl)c1)O2. The number of rotatable bonds is 8. The standard InChI is InChI=1S/C24H20ClF2NO5S/c1-2-10-31-20-9-8-19-21(23(20)33-24(26)27)17-7-6-14(13-34(28,29)30)11-18(17)22(32-19)15-4-3-5-16(25)12-15/h2-9,11-12,22,24H,1,10,13H2,(H2,28,29,30). The molecule has 0 amide bonds. The van der Waals surface area contributed by atoms with Gasteiger partial charge in [-0.05, 0) is 41.0 Å². The number of ether oxygens (including phenoxy) is 3. The Hall–Kier alpha value is -3.14. The Morgan fingerprint density at radius 1 is 1.18 bits per heavy atom. The topological polar surface area (TPSA) is 87.9 Å². The third-order valence-corrected chi connectivity index (χ3v) is 6.05. The monoisotopic (exact) mass is 507 g/mol. The summed E-state index contributed by atoms with van der Waals surface area (Å²) in [5.41, 5.74) is 2.42. The highest BCUT2D eigenvalue weighted by Crippen LogP contribution is 2.52. The lowest BCUT2D eigenvalue weighted by atomic mass is 9.88. The summed E-state index contributed by atoms with van der Waals surface area (Å²) in [6.45, 7) is 0.527. The summed E-state index contributed by atoms with van der Waals surface area (Å²) >= 11 is 6.18. The molecule has 2 N–H and O–H groups in total. The van der Waals surface area contributed by atoms with E-state index in [9.17, 15) is 17.2 Å². The summed E-state index contributed by atoms with van der Waals surface area (Å²) in [5.74, 6) is -0.223. The molecule has 3 aromatic rings. The quantitative estimate of drug-likeness (QED) is 0.410. The fourth-order valence-corrected chi connectivity index (χ4v) is 4.70. The van der Waals surface area contributed by atoms with Gasteiger partial charge in [0.2, 0.25) is 10.0 Å². The minimum absolute atomic E-state index is 0.0739. The lowest BCUT2D eigenvalue weighted by Crippen LogP contribution is -2.19. The summed E-state index contributed by atoms with van der Waals surface area (Å²) < 4.78 is 66.7. The van der Waals surface area contributed by atoms with Gasteiger partial charge >= 0.3 is 6.61 Å². The molecule has 10 heteroatoms. The molecule has 1 aliphatic rings. The van der Waals surface area contributed by atoms with Crippen molar-refractivity contribution in [2.24, 2.45) is 5.14 Å². The maximum atomic E-state index is 13.4. The van der Waals surface area contributed by atoms with E-state index in [4.69, 9.17) is 31.0 Å². The van der Waals surface area contributed by atoms with Crippen LogP contribution in [0.5, 0.6) is 17.2 Å². The van der Waals surface area contributed by atoms with Gasteiger partial charge in [0.15, 0.2) is 11.5 Å². The number of primary sulfonamides is 1. The van der Waals surface area contributed by atoms with Gasteiger partial charge in [-0.2, -0.15) is 8.78 Å². The minimum atomic E-state index is -3.81. The van der Waals surface area contributed by atoms with Crippen molar-refractivity contribution < 1.29 is 31.4 Å². The highest BCUT2D eigenvalue weighted by molar-refractivity contribution is 7.88. The summed E-state index contributed by atoms with van der Waals surface area (Å²) in [7, 11) is -3.81. The maximum absolute atomic E-state index is 13.4. The molecule has 1 atom stereocenters. The van der Waals surface area contributed by atoms with Crippen molar-refractivity contribution in [3.05, 3.63) is 89.0 Å². The molecule has 6 nitrogen and oxygen atoms in total. The zero-order valence-electron chi connectivity index (χ0n) is 17.7. The van der Waals surface area contributed by atoms with Gasteiger partial charge in [-0.3, -0.25) is 0 Å². The second-order valence-corrected chi connectivity index (χ2v) is 9.58. The zero-order valence-corrected chi connectivity index (χ0v) is 19.3. The van der Waals surface area contributed by atoms with Crippen molar-refractivity contribution in [1.82, 2.24) is 0 Å². The summed E-state index contributed by atoms with van der Waals surface area (Å²) in [5, 5.41) is 5.70. The van der Waals surface area contributed by atoms with Crippen LogP contribution in [0.15, 0.2) is 67.3 Å². The van der Waals surface area contributed by atoms with Gasteiger partial charge in [-0.25, -0.2) is 13.6 Å². The van der Waals surface area contributed by atoms with E-state index < -0.39 is 28.5 Å². The van der Waals surface area contributed by atoms with Crippen molar-refractivity contribution in [2.45, 2.75) is 18.5 Å². The van der Waals surface area contributed by atoms with Crippen LogP contribution in [0.3, 0.4) is 0 Å². The first-order valence-electron chi connectivity index (χ1n) is 10.1. The van der Waals surface area contributed by atoms with E-state index in [1.165, 1.54) is 12.1 Å². The molecule has 0 spiro atoms. The molecular formula is C24H20ClF2NO5S. The number of hydrogen-bond donors (Lipinski definition) is 1. The first-order valence-corrected chi connectivity index (χ1v) is 12.2. The van der Waals surface area contributed by atoms with Crippen molar-refractivity contribution in [2.75, 3.05) is 6.61 Å². The van der Waals surface area contributed by atoms with Gasteiger partial charge in [0.25, 0.3) is 0 Å². The Morgan fingerprint density at radius 2 is 1.97 bits per heavy atom. The number of halogens is 3. The number of alkyl halides is 2. The predicted octanol–water partition coefficient (Wildman–Crippen LogP) is 5.44. The van der Waals surface area contributed by atoms with Crippen LogP contribution in [0.2, 0.25) is 5.02 Å². The largest absolute Gasteiger partial charge is 0.486 e. The summed E-state index contributed by atoms with van der Waals surface area (Å²) in [6.07, 6.45) is 0.783. The molecule has 1 unspecified atom stereocenters. The molecule has 3 aromatic carbocycles. The van der Waals surface area contributed by atoms with E-state index in [-0.39, 0.29) is 23.7 Å². The van der Waals surface area contributed by atoms with Crippen LogP contribution in [0.4, 0.5) is 8.78 Å². The first kappa shape index (κ1) is 24.0. The van der Waals surface area contributed by atoms with Gasteiger partial charge in [-0.15, -0.1) is 0 Å². The first-order chi connectivity index (χ1) is 16.2. The molecule has 0 fully saturated rings. The predicted molar refractivity (Wildman–Crippen MR) is 125 cm³/mol. The lowest BCUT2D eigenvalue weighted by molar-refractivity contribution is -0.0511. The highest BCUT2D eigenvalue weighted by Gasteiger charge is 2.33. The number of benzene rings is 3. The van der Waals surface area contributed by atoms with E-state index in [2.05, 4.69) is 6.58 Å². The smallest absolute Gasteiger partial charge is 0.387 e. The van der Waals surface area contributed by atoms with Gasteiger partial charge in [0.05, 0.1) is 11.3 Å². The summed E-state index contributed by atoms with van der Waals surface area (Å²) in [6, 6.07) is 14.9. The number of fused-ring (bicyclic) bond motifs is 3. The summed E-state index contributed by atoms with van der Waals surface area (Å²) in [4.78, 5) is 0. The Bertz CT molecular complexity index is 1350. The second-order valence-electron chi connectivity index (χ2n) is 7.53. The fraction of sp³-hybridized carbons (Fsp3) is 0.167. The van der Waals surface area contributed by atoms with Crippen molar-refractivity contribution in [1.29, 1.82) is 0 Å². The highest BCUT2D eigenvalue weighted by atomic mass is 35.5. The Balaban J connectivity index is 1.94. The minimum Gasteiger partial charge on any atom is -0.486 e. The molecule has 0 saturated heterocycles. The van der Waals surface area contributed by atoms with Gasteiger partial charge in [0.1, 0.15) is 18.5 Å². The van der Waals surface area contributed by atoms with Crippen LogP contribution >= 0.6 is 11.6 Å². The maximum Gasteiger partial charge on any atom is 0.387 e. The molecule has 1 heterocycles. The van der Waals surface area contributed by atoms with Crippen LogP contribution in [0.25, 0.3) is 11.1 Å². The normalized spacial score (nSPS) is 14.7. The van der Waals surface area contributed by atoms with Gasteiger partial charge in [-0.1, -0.05) is 54.6 Å². The van der Waals surface area contributed by atoms with Crippen molar-refractivity contribution >= 4 is 21.6 Å². The average molecular weight is 508 g/mol. The molecule has 0 aromatic heterocycles. The Morgan fingerprint density at radius 3 is 2.65 bits per heavy atom. The second kappa shape index (κ2) is 9.61. The third kappa shape index (κ3) is 5.16. The van der Waals surface area contributed by atoms with Gasteiger partial charge < -0.3 is 14.2 Å². The fourth-order valence-electron chi connectivity index (χ4n) is 3.85. The van der Waals surface area contributed by atoms with E-state index in [1.54, 1.807) is 48.5 Å². The average Bonchev–Trinajstić information content (AvgIpc) is 2.76. The molecule has 0 saturated carbocycles. The molecule has 178 valence electrons. The molecule has 0 aliphatic carbocycles. The van der Waals surface area contributed by atoms with E-state index in [0.29, 0.717) is 33.0 Å². The Labute approximate surface area is 200 Å². The van der Waals surface area contributed by atoms with E-state index >= 15 is 0 Å². The van der Waals surface area contributed by atoms with Crippen LogP contribution < -0.4 is 19.3 Å². The van der Waals surface area contributed by atoms with E-state index in [0.717, 1.165) is 0 Å². The van der Waals surface area contributed by atoms with Crippen molar-refractivity contribution in [3.63, 3.8) is 0 Å². The number of sulfonamides is 1. The third-order valence-electron chi connectivity index (χ3n) is 5.08. The zero-order chi connectivity index (χ0) is 24.5. The molecule has 1 aliphatic heterocycles. The number of hydrogen-bond acceptors (Lipinski definition) is 5. The van der Waals surface area contributed by atoms with Crippen LogP contribution in [-0.2, 0) is 15.8 Å². The van der Waals surface area contributed by atoms with Crippen molar-refractivity contribution in [3.8, 4) is 28.4 Å². The van der Waals surface area contributed by atoms with Gasteiger partial charge in [0, 0.05) is 10.6 Å². The lowest BCUT2D eigenvalue weighted by Gasteiger charge is -2.31. The van der Waals surface area contributed by atoms with Crippen LogP contribution in [0.1, 0.15) is 22.8 Å². The van der Waals surface area contributed by atoms with Crippen LogP contribution in [-0.4, -0.2) is 21.6 Å². The molecule has 4 rings (SSSR count). The molecule has 34 heavy (non-hydrogen) atoms. The molecule has 0 bridgehead atoms. The molecular weight excluding hydrogens is 488 g/mol. The van der Waals surface area contributed by atoms with E-state index in [1.807, 2.05) is 0 Å². The Kier molecular flexibility index (Phi) is 6.79.